The summed E-state index contributed by atoms with van der Waals surface area (Å²) >= 11 is 0. The van der Waals surface area contributed by atoms with Gasteiger partial charge >= 0.3 is 6.29 Å². The molecular weight excluding hydrogens is 456 g/mol. The summed E-state index contributed by atoms with van der Waals surface area (Å²) in [6.07, 6.45) is -2.54. The van der Waals surface area contributed by atoms with Gasteiger partial charge in [0.2, 0.25) is 11.8 Å². The molecule has 9 heteroatoms. The number of aromatic nitrogens is 1. The molecule has 5 rings (SSSR count). The summed E-state index contributed by atoms with van der Waals surface area (Å²) in [7, 11) is 0. The van der Waals surface area contributed by atoms with Gasteiger partial charge in [0.15, 0.2) is 11.5 Å². The van der Waals surface area contributed by atoms with Gasteiger partial charge in [-0.15, -0.1) is 8.78 Å². The molecule has 2 aromatic carbocycles. The molecule has 3 aromatic rings. The molecule has 1 aliphatic carbocycles. The van der Waals surface area contributed by atoms with E-state index in [0.717, 1.165) is 16.7 Å². The lowest BCUT2D eigenvalue weighted by atomic mass is 9.94. The summed E-state index contributed by atoms with van der Waals surface area (Å²) in [6, 6.07) is 15.7. The first-order chi connectivity index (χ1) is 16.6. The van der Waals surface area contributed by atoms with Crippen molar-refractivity contribution in [1.29, 1.82) is 0 Å². The molecule has 1 aliphatic heterocycles. The van der Waals surface area contributed by atoms with Crippen LogP contribution in [0, 0.1) is 6.92 Å². The van der Waals surface area contributed by atoms with Gasteiger partial charge < -0.3 is 20.1 Å². The molecule has 2 aliphatic rings. The van der Waals surface area contributed by atoms with Crippen molar-refractivity contribution < 1.29 is 27.8 Å². The van der Waals surface area contributed by atoms with Gasteiger partial charge in [0.25, 0.3) is 0 Å². The maximum atomic E-state index is 13.4. The largest absolute Gasteiger partial charge is 0.586 e. The van der Waals surface area contributed by atoms with Crippen LogP contribution in [0.1, 0.15) is 36.5 Å². The summed E-state index contributed by atoms with van der Waals surface area (Å²) in [4.78, 5) is 29.2. The molecule has 0 bridgehead atoms. The van der Waals surface area contributed by atoms with Crippen LogP contribution in [-0.2, 0) is 21.5 Å². The molecule has 0 saturated heterocycles. The number of rotatable bonds is 6. The number of nitrogens with zero attached hydrogens (tertiary/aromatic N) is 1. The van der Waals surface area contributed by atoms with Crippen molar-refractivity contribution in [3.8, 4) is 22.8 Å². The second-order valence-electron chi connectivity index (χ2n) is 8.84. The Bertz CT molecular complexity index is 1340. The molecule has 0 radical (unpaired) electrons. The number of pyridine rings is 1. The van der Waals surface area contributed by atoms with Crippen molar-refractivity contribution in [1.82, 2.24) is 10.3 Å². The molecule has 1 aromatic heterocycles. The van der Waals surface area contributed by atoms with E-state index >= 15 is 0 Å². The third kappa shape index (κ3) is 4.53. The van der Waals surface area contributed by atoms with E-state index in [1.54, 1.807) is 12.1 Å². The van der Waals surface area contributed by atoms with Gasteiger partial charge in [-0.25, -0.2) is 4.98 Å². The Labute approximate surface area is 200 Å². The van der Waals surface area contributed by atoms with Crippen LogP contribution in [0.2, 0.25) is 0 Å². The maximum Gasteiger partial charge on any atom is 0.586 e. The van der Waals surface area contributed by atoms with Gasteiger partial charge in [-0.3, -0.25) is 9.59 Å². The van der Waals surface area contributed by atoms with Crippen LogP contribution in [0.5, 0.6) is 11.5 Å². The zero-order valence-corrected chi connectivity index (χ0v) is 19.2. The summed E-state index contributed by atoms with van der Waals surface area (Å²) in [5.74, 6) is -0.118. The van der Waals surface area contributed by atoms with E-state index in [9.17, 15) is 18.4 Å². The number of hydrogen-bond donors (Lipinski definition) is 2. The Hall–Kier alpha value is -4.01. The molecule has 2 N–H and O–H groups in total. The van der Waals surface area contributed by atoms with Crippen LogP contribution in [0.4, 0.5) is 14.6 Å². The Balaban J connectivity index is 1.36. The van der Waals surface area contributed by atoms with Crippen molar-refractivity contribution in [3.05, 3.63) is 71.3 Å². The number of carbonyl (C=O) groups is 2. The van der Waals surface area contributed by atoms with Crippen LogP contribution >= 0.6 is 0 Å². The standard InChI is InChI=1S/C26H23F2N3O4/c1-15-6-9-22(30-23(15)18-5-3-4-17(12-18)14-29-16(2)32)31-24(33)25(10-11-25)19-7-8-20-21(13-19)35-26(27,28)34-20/h3-9,12-13H,10-11,14H2,1-2H3,(H,29,32)(H,30,31,33). The minimum atomic E-state index is -3.71. The minimum absolute atomic E-state index is 0.0551. The average Bonchev–Trinajstić information content (AvgIpc) is 3.56. The van der Waals surface area contributed by atoms with Gasteiger partial charge in [-0.2, -0.15) is 0 Å². The number of nitrogens with one attached hydrogen (secondary N) is 2. The Morgan fingerprint density at radius 2 is 1.80 bits per heavy atom. The number of amides is 2. The zero-order valence-electron chi connectivity index (χ0n) is 19.2. The molecule has 2 heterocycles. The average molecular weight is 479 g/mol. The van der Waals surface area contributed by atoms with Gasteiger partial charge in [0.1, 0.15) is 5.82 Å². The first-order valence-corrected chi connectivity index (χ1v) is 11.2. The fourth-order valence-corrected chi connectivity index (χ4v) is 4.20. The predicted molar refractivity (Wildman–Crippen MR) is 124 cm³/mol. The summed E-state index contributed by atoms with van der Waals surface area (Å²) in [6.45, 7) is 3.80. The van der Waals surface area contributed by atoms with Crippen LogP contribution < -0.4 is 20.1 Å². The van der Waals surface area contributed by atoms with Crippen LogP contribution in [0.15, 0.2) is 54.6 Å². The van der Waals surface area contributed by atoms with Crippen molar-refractivity contribution in [2.45, 2.75) is 44.9 Å². The molecule has 0 atom stereocenters. The molecule has 1 fully saturated rings. The SMILES string of the molecule is CC(=O)NCc1cccc(-c2nc(NC(=O)C3(c4ccc5c(c4)OC(F)(F)O5)CC3)ccc2C)c1. The molecule has 0 unspecified atom stereocenters. The molecule has 1 saturated carbocycles. The van der Waals surface area contributed by atoms with E-state index in [2.05, 4.69) is 25.1 Å². The van der Waals surface area contributed by atoms with Gasteiger partial charge in [-0.05, 0) is 60.7 Å². The molecule has 0 spiro atoms. The van der Waals surface area contributed by atoms with Gasteiger partial charge in [-0.1, -0.05) is 30.3 Å². The smallest absolute Gasteiger partial charge is 0.395 e. The monoisotopic (exact) mass is 479 g/mol. The number of aryl methyl sites for hydroxylation is 1. The zero-order chi connectivity index (χ0) is 24.8. The number of ether oxygens (including phenoxy) is 2. The van der Waals surface area contributed by atoms with Crippen molar-refractivity contribution in [3.63, 3.8) is 0 Å². The quantitative estimate of drug-likeness (QED) is 0.536. The highest BCUT2D eigenvalue weighted by Gasteiger charge is 2.53. The molecule has 35 heavy (non-hydrogen) atoms. The van der Waals surface area contributed by atoms with Crippen LogP contribution in [-0.4, -0.2) is 23.1 Å². The number of anilines is 1. The summed E-state index contributed by atoms with van der Waals surface area (Å²) in [5, 5.41) is 5.67. The number of halogens is 2. The molecular formula is C26H23F2N3O4. The lowest BCUT2D eigenvalue weighted by Crippen LogP contribution is -2.28. The van der Waals surface area contributed by atoms with Gasteiger partial charge in [0.05, 0.1) is 11.1 Å². The fraction of sp³-hybridized carbons (Fsp3) is 0.269. The van der Waals surface area contributed by atoms with Gasteiger partial charge in [0, 0.05) is 19.0 Å². The molecule has 7 nitrogen and oxygen atoms in total. The second kappa shape index (κ2) is 8.33. The highest BCUT2D eigenvalue weighted by atomic mass is 19.3. The van der Waals surface area contributed by atoms with Crippen LogP contribution in [0.3, 0.4) is 0 Å². The fourth-order valence-electron chi connectivity index (χ4n) is 4.20. The van der Waals surface area contributed by atoms with E-state index in [4.69, 9.17) is 0 Å². The number of benzene rings is 2. The number of alkyl halides is 2. The Kier molecular flexibility index (Phi) is 5.42. The number of carbonyl (C=O) groups excluding carboxylic acids is 2. The highest BCUT2D eigenvalue weighted by Crippen LogP contribution is 2.52. The highest BCUT2D eigenvalue weighted by molar-refractivity contribution is 6.01. The van der Waals surface area contributed by atoms with Crippen molar-refractivity contribution in [2.24, 2.45) is 0 Å². The van der Waals surface area contributed by atoms with E-state index in [-0.39, 0.29) is 23.3 Å². The summed E-state index contributed by atoms with van der Waals surface area (Å²) < 4.78 is 35.8. The first-order valence-electron chi connectivity index (χ1n) is 11.2. The Morgan fingerprint density at radius 1 is 1.03 bits per heavy atom. The normalized spacial score (nSPS) is 16.5. The molecule has 180 valence electrons. The third-order valence-corrected chi connectivity index (χ3v) is 6.22. The lowest BCUT2D eigenvalue weighted by molar-refractivity contribution is -0.286. The topological polar surface area (TPSA) is 89.6 Å². The van der Waals surface area contributed by atoms with E-state index in [1.165, 1.54) is 19.1 Å². The van der Waals surface area contributed by atoms with Crippen molar-refractivity contribution >= 4 is 17.6 Å². The first kappa shape index (κ1) is 22.8. The van der Waals surface area contributed by atoms with E-state index in [1.807, 2.05) is 37.3 Å². The van der Waals surface area contributed by atoms with Crippen molar-refractivity contribution in [2.75, 3.05) is 5.32 Å². The maximum absolute atomic E-state index is 13.4. The van der Waals surface area contributed by atoms with Crippen LogP contribution in [0.25, 0.3) is 11.3 Å². The summed E-state index contributed by atoms with van der Waals surface area (Å²) in [5.41, 5.74) is 3.19. The third-order valence-electron chi connectivity index (χ3n) is 6.22. The molecule has 2 amide bonds. The lowest BCUT2D eigenvalue weighted by Gasteiger charge is -2.17. The Morgan fingerprint density at radius 3 is 2.54 bits per heavy atom. The second-order valence-corrected chi connectivity index (χ2v) is 8.84. The number of hydrogen-bond acceptors (Lipinski definition) is 5. The predicted octanol–water partition coefficient (Wildman–Crippen LogP) is 4.68. The van der Waals surface area contributed by atoms with E-state index < -0.39 is 11.7 Å². The van der Waals surface area contributed by atoms with E-state index in [0.29, 0.717) is 36.5 Å². The number of fused-ring (bicyclic) bond motifs is 1. The minimum Gasteiger partial charge on any atom is -0.395 e.